The van der Waals surface area contributed by atoms with E-state index in [1.54, 1.807) is 0 Å². The number of ether oxygens (including phenoxy) is 1. The van der Waals surface area contributed by atoms with E-state index in [9.17, 15) is 0 Å². The number of aromatic nitrogens is 2. The Morgan fingerprint density at radius 1 is 0.960 bits per heavy atom. The third-order valence-corrected chi connectivity index (χ3v) is 3.54. The van der Waals surface area contributed by atoms with Crippen LogP contribution in [0.1, 0.15) is 12.6 Å². The number of nitrogen functional groups attached to an aromatic ring is 1. The lowest BCUT2D eigenvalue weighted by Gasteiger charge is -2.08. The van der Waals surface area contributed by atoms with Gasteiger partial charge in [-0.3, -0.25) is 0 Å². The first-order valence-electron chi connectivity index (χ1n) is 8.01. The van der Waals surface area contributed by atoms with Crippen LogP contribution < -0.4 is 10.5 Å². The maximum Gasteiger partial charge on any atom is 0.220 e. The van der Waals surface area contributed by atoms with Gasteiger partial charge in [0.2, 0.25) is 5.95 Å². The van der Waals surface area contributed by atoms with E-state index in [1.165, 1.54) is 0 Å². The average molecular weight is 333 g/mol. The summed E-state index contributed by atoms with van der Waals surface area (Å²) < 4.78 is 5.43. The van der Waals surface area contributed by atoms with Crippen LogP contribution in [0, 0.1) is 6.92 Å². The number of benzene rings is 2. The molecule has 0 amide bonds. The van der Waals surface area contributed by atoms with Gasteiger partial charge in [0, 0.05) is 5.56 Å². The number of rotatable bonds is 5. The zero-order chi connectivity index (χ0) is 17.6. The van der Waals surface area contributed by atoms with Gasteiger partial charge in [0.25, 0.3) is 0 Å². The van der Waals surface area contributed by atoms with E-state index in [0.29, 0.717) is 23.7 Å². The van der Waals surface area contributed by atoms with Crippen LogP contribution in [0.5, 0.6) is 5.75 Å². The zero-order valence-electron chi connectivity index (χ0n) is 14.2. The van der Waals surface area contributed by atoms with Crippen molar-refractivity contribution in [3.8, 4) is 17.0 Å². The van der Waals surface area contributed by atoms with Gasteiger partial charge in [-0.1, -0.05) is 30.3 Å². The predicted molar refractivity (Wildman–Crippen MR) is 98.4 cm³/mol. The molecule has 0 spiro atoms. The lowest BCUT2D eigenvalue weighted by Crippen LogP contribution is -1.99. The van der Waals surface area contributed by atoms with Crippen molar-refractivity contribution in [1.29, 1.82) is 0 Å². The summed E-state index contributed by atoms with van der Waals surface area (Å²) in [6, 6.07) is 17.2. The molecule has 0 unspecified atom stereocenters. The standard InChI is InChI=1S/C19H19N5O/c1-3-25-16-11-9-15(10-12-16)23-24-17-13(2)21-19(20)22-18(17)14-7-5-4-6-8-14/h4-12H,3H2,1-2H3,(H2,20,21,22). The molecule has 3 aromatic rings. The number of nitrogens with two attached hydrogens (primary N) is 1. The normalized spacial score (nSPS) is 11.0. The van der Waals surface area contributed by atoms with E-state index >= 15 is 0 Å². The molecule has 1 aromatic heterocycles. The van der Waals surface area contributed by atoms with Crippen LogP contribution in [0.15, 0.2) is 64.8 Å². The summed E-state index contributed by atoms with van der Waals surface area (Å²) in [6.45, 7) is 4.42. The van der Waals surface area contributed by atoms with E-state index < -0.39 is 0 Å². The first kappa shape index (κ1) is 16.6. The van der Waals surface area contributed by atoms with Crippen molar-refractivity contribution in [2.75, 3.05) is 12.3 Å². The average Bonchev–Trinajstić information content (AvgIpc) is 2.63. The van der Waals surface area contributed by atoms with E-state index in [1.807, 2.05) is 68.4 Å². The molecule has 0 saturated heterocycles. The maximum atomic E-state index is 5.81. The first-order valence-corrected chi connectivity index (χ1v) is 8.01. The topological polar surface area (TPSA) is 85.8 Å². The van der Waals surface area contributed by atoms with Gasteiger partial charge in [-0.2, -0.15) is 5.11 Å². The molecule has 6 heteroatoms. The van der Waals surface area contributed by atoms with Crippen molar-refractivity contribution in [2.24, 2.45) is 10.2 Å². The van der Waals surface area contributed by atoms with Gasteiger partial charge < -0.3 is 10.5 Å². The van der Waals surface area contributed by atoms with Gasteiger partial charge in [-0.15, -0.1) is 5.11 Å². The second-order valence-electron chi connectivity index (χ2n) is 5.36. The molecular formula is C19H19N5O. The highest BCUT2D eigenvalue weighted by Crippen LogP contribution is 2.32. The Bertz CT molecular complexity index is 876. The quantitative estimate of drug-likeness (QED) is 0.676. The summed E-state index contributed by atoms with van der Waals surface area (Å²) in [5.41, 5.74) is 9.40. The third-order valence-electron chi connectivity index (χ3n) is 3.54. The molecule has 126 valence electrons. The van der Waals surface area contributed by atoms with E-state index in [4.69, 9.17) is 10.5 Å². The molecule has 25 heavy (non-hydrogen) atoms. The van der Waals surface area contributed by atoms with Crippen LogP contribution in [0.3, 0.4) is 0 Å². The molecule has 0 aliphatic heterocycles. The fourth-order valence-electron chi connectivity index (χ4n) is 2.39. The highest BCUT2D eigenvalue weighted by Gasteiger charge is 2.12. The van der Waals surface area contributed by atoms with Crippen LogP contribution in [0.4, 0.5) is 17.3 Å². The fraction of sp³-hybridized carbons (Fsp3) is 0.158. The smallest absolute Gasteiger partial charge is 0.220 e. The molecule has 2 N–H and O–H groups in total. The molecule has 2 aromatic carbocycles. The second-order valence-corrected chi connectivity index (χ2v) is 5.36. The van der Waals surface area contributed by atoms with Crippen molar-refractivity contribution in [3.63, 3.8) is 0 Å². The van der Waals surface area contributed by atoms with Crippen LogP contribution in [0.25, 0.3) is 11.3 Å². The Morgan fingerprint density at radius 3 is 2.36 bits per heavy atom. The predicted octanol–water partition coefficient (Wildman–Crippen LogP) is 4.85. The minimum absolute atomic E-state index is 0.219. The van der Waals surface area contributed by atoms with Gasteiger partial charge in [0.05, 0.1) is 18.0 Å². The lowest BCUT2D eigenvalue weighted by atomic mass is 10.1. The summed E-state index contributed by atoms with van der Waals surface area (Å²) in [6.07, 6.45) is 0. The Labute approximate surface area is 146 Å². The first-order chi connectivity index (χ1) is 12.2. The number of hydrogen-bond donors (Lipinski definition) is 1. The van der Waals surface area contributed by atoms with Crippen LogP contribution in [-0.4, -0.2) is 16.6 Å². The summed E-state index contributed by atoms with van der Waals surface area (Å²) in [5, 5.41) is 8.68. The lowest BCUT2D eigenvalue weighted by molar-refractivity contribution is 0.340. The minimum atomic E-state index is 0.219. The van der Waals surface area contributed by atoms with E-state index in [2.05, 4.69) is 20.2 Å². The Morgan fingerprint density at radius 2 is 1.68 bits per heavy atom. The highest BCUT2D eigenvalue weighted by atomic mass is 16.5. The van der Waals surface area contributed by atoms with Gasteiger partial charge in [-0.05, 0) is 38.1 Å². The molecule has 0 saturated carbocycles. The number of nitrogens with zero attached hydrogens (tertiary/aromatic N) is 4. The number of anilines is 1. The summed E-state index contributed by atoms with van der Waals surface area (Å²) in [5.74, 6) is 1.02. The molecule has 0 radical (unpaired) electrons. The van der Waals surface area contributed by atoms with Crippen LogP contribution in [0.2, 0.25) is 0 Å². The SMILES string of the molecule is CCOc1ccc(N=Nc2c(C)nc(N)nc2-c2ccccc2)cc1. The summed E-state index contributed by atoms with van der Waals surface area (Å²) in [4.78, 5) is 8.55. The molecular weight excluding hydrogens is 314 g/mol. The van der Waals surface area contributed by atoms with Gasteiger partial charge >= 0.3 is 0 Å². The zero-order valence-corrected chi connectivity index (χ0v) is 14.2. The third kappa shape index (κ3) is 3.98. The maximum absolute atomic E-state index is 5.81. The van der Waals surface area contributed by atoms with Gasteiger partial charge in [-0.25, -0.2) is 9.97 Å². The molecule has 0 aliphatic rings. The van der Waals surface area contributed by atoms with Crippen LogP contribution in [-0.2, 0) is 0 Å². The summed E-state index contributed by atoms with van der Waals surface area (Å²) in [7, 11) is 0. The van der Waals surface area contributed by atoms with E-state index in [0.717, 1.165) is 17.0 Å². The molecule has 1 heterocycles. The highest BCUT2D eigenvalue weighted by molar-refractivity contribution is 5.74. The van der Waals surface area contributed by atoms with Crippen LogP contribution >= 0.6 is 0 Å². The number of hydrogen-bond acceptors (Lipinski definition) is 6. The van der Waals surface area contributed by atoms with Crippen molar-refractivity contribution in [2.45, 2.75) is 13.8 Å². The molecule has 0 aliphatic carbocycles. The Balaban J connectivity index is 1.96. The largest absolute Gasteiger partial charge is 0.494 e. The minimum Gasteiger partial charge on any atom is -0.494 e. The van der Waals surface area contributed by atoms with Crippen molar-refractivity contribution in [3.05, 3.63) is 60.3 Å². The molecule has 0 bridgehead atoms. The molecule has 0 fully saturated rings. The second kappa shape index (κ2) is 7.53. The van der Waals surface area contributed by atoms with E-state index in [-0.39, 0.29) is 5.95 Å². The number of azo groups is 1. The van der Waals surface area contributed by atoms with Gasteiger partial charge in [0.1, 0.15) is 17.1 Å². The molecule has 0 atom stereocenters. The van der Waals surface area contributed by atoms with Crippen molar-refractivity contribution in [1.82, 2.24) is 9.97 Å². The Hall–Kier alpha value is -3.28. The van der Waals surface area contributed by atoms with Crippen molar-refractivity contribution < 1.29 is 4.74 Å². The van der Waals surface area contributed by atoms with Crippen molar-refractivity contribution >= 4 is 17.3 Å². The van der Waals surface area contributed by atoms with Gasteiger partial charge in [0.15, 0.2) is 0 Å². The molecule has 3 rings (SSSR count). The molecule has 6 nitrogen and oxygen atoms in total. The monoisotopic (exact) mass is 333 g/mol. The Kier molecular flexibility index (Phi) is 4.99. The fourth-order valence-corrected chi connectivity index (χ4v) is 2.39. The summed E-state index contributed by atoms with van der Waals surface area (Å²) >= 11 is 0. The number of aryl methyl sites for hydroxylation is 1.